The highest BCUT2D eigenvalue weighted by atomic mass is 15.3. The van der Waals surface area contributed by atoms with E-state index in [0.29, 0.717) is 6.54 Å². The Morgan fingerprint density at radius 3 is 2.50 bits per heavy atom. The average molecular weight is 653 g/mol. The minimum Gasteiger partial charge on any atom is -0.367 e. The van der Waals surface area contributed by atoms with Crippen molar-refractivity contribution < 1.29 is 0 Å². The maximum Gasteiger partial charge on any atom is 0.131 e. The highest BCUT2D eigenvalue weighted by Crippen LogP contribution is 2.39. The van der Waals surface area contributed by atoms with E-state index in [9.17, 15) is 0 Å². The van der Waals surface area contributed by atoms with Crippen molar-refractivity contribution in [3.05, 3.63) is 192 Å². The molecular formula is C44H40N6. The molecule has 8 rings (SSSR count). The second-order valence-corrected chi connectivity index (χ2v) is 12.7. The summed E-state index contributed by atoms with van der Waals surface area (Å²) >= 11 is 0. The van der Waals surface area contributed by atoms with E-state index < -0.39 is 0 Å². The zero-order chi connectivity index (χ0) is 33.9. The maximum atomic E-state index is 5.18. The molecule has 246 valence electrons. The van der Waals surface area contributed by atoms with Crippen molar-refractivity contribution in [3.63, 3.8) is 0 Å². The van der Waals surface area contributed by atoms with Gasteiger partial charge in [0.1, 0.15) is 24.0 Å². The van der Waals surface area contributed by atoms with Gasteiger partial charge in [0, 0.05) is 28.8 Å². The molecule has 0 fully saturated rings. The lowest BCUT2D eigenvalue weighted by molar-refractivity contribution is 0.441. The Kier molecular flexibility index (Phi) is 8.62. The first kappa shape index (κ1) is 31.2. The molecule has 3 aromatic rings. The fourth-order valence-electron chi connectivity index (χ4n) is 7.07. The van der Waals surface area contributed by atoms with Gasteiger partial charge >= 0.3 is 0 Å². The first-order chi connectivity index (χ1) is 24.7. The van der Waals surface area contributed by atoms with E-state index in [-0.39, 0.29) is 12.3 Å². The van der Waals surface area contributed by atoms with Crippen molar-refractivity contribution in [1.29, 1.82) is 0 Å². The van der Waals surface area contributed by atoms with E-state index in [1.54, 1.807) is 0 Å². The Morgan fingerprint density at radius 2 is 1.70 bits per heavy atom. The third-order valence-electron chi connectivity index (χ3n) is 9.51. The number of hydrogen-bond donors (Lipinski definition) is 3. The molecular weight excluding hydrogens is 613 g/mol. The Labute approximate surface area is 294 Å². The smallest absolute Gasteiger partial charge is 0.131 e. The van der Waals surface area contributed by atoms with Gasteiger partial charge in [0.05, 0.1) is 22.6 Å². The molecule has 3 N–H and O–H groups in total. The summed E-state index contributed by atoms with van der Waals surface area (Å²) in [5.41, 5.74) is 12.8. The van der Waals surface area contributed by atoms with Crippen molar-refractivity contribution in [2.24, 2.45) is 4.99 Å². The summed E-state index contributed by atoms with van der Waals surface area (Å²) in [4.78, 5) is 7.31. The van der Waals surface area contributed by atoms with Crippen molar-refractivity contribution in [2.75, 3.05) is 6.54 Å². The molecule has 50 heavy (non-hydrogen) atoms. The van der Waals surface area contributed by atoms with E-state index in [0.717, 1.165) is 81.3 Å². The van der Waals surface area contributed by atoms with E-state index in [4.69, 9.17) is 11.6 Å². The van der Waals surface area contributed by atoms with Gasteiger partial charge in [0.15, 0.2) is 0 Å². The van der Waals surface area contributed by atoms with Crippen molar-refractivity contribution in [3.8, 4) is 0 Å². The lowest BCUT2D eigenvalue weighted by Crippen LogP contribution is -2.56. The summed E-state index contributed by atoms with van der Waals surface area (Å²) in [5, 5.41) is 12.3. The fourth-order valence-corrected chi connectivity index (χ4v) is 7.07. The number of aliphatic imine (C=N–C) groups is 1. The molecule has 6 heteroatoms. The van der Waals surface area contributed by atoms with Gasteiger partial charge in [-0.3, -0.25) is 10.2 Å². The van der Waals surface area contributed by atoms with E-state index in [1.165, 1.54) is 5.57 Å². The molecule has 2 aromatic carbocycles. The fraction of sp³-hybridized carbons (Fsp3) is 0.136. The molecule has 0 saturated carbocycles. The number of rotatable bonds is 5. The van der Waals surface area contributed by atoms with Crippen LogP contribution < -0.4 is 16.0 Å². The van der Waals surface area contributed by atoms with Crippen LogP contribution in [0.1, 0.15) is 36.1 Å². The second-order valence-electron chi connectivity index (χ2n) is 12.7. The van der Waals surface area contributed by atoms with Gasteiger partial charge in [-0.25, -0.2) is 4.99 Å². The molecule has 2 unspecified atom stereocenters. The van der Waals surface area contributed by atoms with Crippen molar-refractivity contribution in [2.45, 2.75) is 31.6 Å². The predicted molar refractivity (Wildman–Crippen MR) is 208 cm³/mol. The van der Waals surface area contributed by atoms with Gasteiger partial charge in [0.2, 0.25) is 0 Å². The minimum absolute atomic E-state index is 0.0137. The summed E-state index contributed by atoms with van der Waals surface area (Å²) in [6.45, 7) is 9.89. The van der Waals surface area contributed by atoms with Gasteiger partial charge in [-0.1, -0.05) is 122 Å². The quantitative estimate of drug-likeness (QED) is 0.242. The number of dihydropyridines is 1. The summed E-state index contributed by atoms with van der Waals surface area (Å²) in [6, 6.07) is 18.9. The summed E-state index contributed by atoms with van der Waals surface area (Å²) in [7, 11) is 0. The SMILES string of the molecule is C=C1/C=C\C=C/C/C=C\c2c(c3ccccc3n2C2=C=CC=C2)C(=C)N1C1=CC=C(C2N=C(c3ccccc3)NC(C3=CC=CCC3)N2)CN1. The molecule has 1 aromatic heterocycles. The average Bonchev–Trinajstić information content (AvgIpc) is 3.81. The Hall–Kier alpha value is -6.07. The highest BCUT2D eigenvalue weighted by molar-refractivity contribution is 6.01. The second kappa shape index (κ2) is 13.8. The van der Waals surface area contributed by atoms with Crippen LogP contribution >= 0.6 is 0 Å². The molecule has 0 bridgehead atoms. The standard InChI is InChI=1S/C44H40N6/c1-31-18-8-4-3-5-13-27-39-41(37-25-16-17-26-38(37)50(39)36-23-14-15-24-36)32(2)49(31)40-29-28-35(30-45-40)44-47-42(33-19-9-6-10-20-33)46-43(48-44)34-21-11-7-12-22-34/h3-4,6-11,13-21,23,25-29,43-45,48H,1-2,5,12,22,30H2,(H,46,47)/b4-3-,18-8-,27-13-. The van der Waals surface area contributed by atoms with Crippen LogP contribution in [0.5, 0.6) is 0 Å². The van der Waals surface area contributed by atoms with Crippen molar-refractivity contribution in [1.82, 2.24) is 25.4 Å². The summed E-state index contributed by atoms with van der Waals surface area (Å²) in [6.07, 6.45) is 32.4. The first-order valence-corrected chi connectivity index (χ1v) is 17.3. The summed E-state index contributed by atoms with van der Waals surface area (Å²) in [5.74, 6) is 1.80. The Bertz CT molecular complexity index is 2220. The third-order valence-corrected chi connectivity index (χ3v) is 9.51. The number of allylic oxidation sites excluding steroid dienone is 13. The number of benzene rings is 2. The molecule has 2 aliphatic carbocycles. The van der Waals surface area contributed by atoms with Crippen molar-refractivity contribution >= 4 is 34.2 Å². The number of amidine groups is 1. The van der Waals surface area contributed by atoms with Crippen LogP contribution in [0.15, 0.2) is 180 Å². The van der Waals surface area contributed by atoms with Crippen LogP contribution in [0.3, 0.4) is 0 Å². The number of hydrogen-bond acceptors (Lipinski definition) is 5. The van der Waals surface area contributed by atoms with Crippen LogP contribution in [0.4, 0.5) is 0 Å². The first-order valence-electron chi connectivity index (χ1n) is 17.3. The van der Waals surface area contributed by atoms with Gasteiger partial charge < -0.3 is 15.2 Å². The van der Waals surface area contributed by atoms with E-state index in [2.05, 4.69) is 147 Å². The van der Waals surface area contributed by atoms with Gasteiger partial charge in [-0.15, -0.1) is 0 Å². The van der Waals surface area contributed by atoms with Crippen LogP contribution in [0.2, 0.25) is 0 Å². The number of nitrogens with zero attached hydrogens (tertiary/aromatic N) is 3. The normalized spacial score (nSPS) is 23.7. The summed E-state index contributed by atoms with van der Waals surface area (Å²) < 4.78 is 2.28. The van der Waals surface area contributed by atoms with Gasteiger partial charge in [0.25, 0.3) is 0 Å². The minimum atomic E-state index is -0.202. The molecule has 0 amide bonds. The maximum absolute atomic E-state index is 5.18. The molecule has 5 aliphatic rings. The lowest BCUT2D eigenvalue weighted by Gasteiger charge is -2.37. The molecule has 4 heterocycles. The molecule has 0 saturated heterocycles. The highest BCUT2D eigenvalue weighted by Gasteiger charge is 2.30. The van der Waals surface area contributed by atoms with E-state index >= 15 is 0 Å². The van der Waals surface area contributed by atoms with Crippen LogP contribution in [0, 0.1) is 0 Å². The van der Waals surface area contributed by atoms with Gasteiger partial charge in [-0.2, -0.15) is 0 Å². The Balaban J connectivity index is 1.19. The molecule has 2 atom stereocenters. The van der Waals surface area contributed by atoms with E-state index in [1.807, 2.05) is 30.4 Å². The predicted octanol–water partition coefficient (Wildman–Crippen LogP) is 8.46. The number of nitrogens with one attached hydrogen (secondary N) is 3. The molecule has 0 radical (unpaired) electrons. The molecule has 6 nitrogen and oxygen atoms in total. The van der Waals surface area contributed by atoms with Crippen LogP contribution in [-0.2, 0) is 0 Å². The monoisotopic (exact) mass is 652 g/mol. The molecule has 3 aliphatic heterocycles. The Morgan fingerprint density at radius 1 is 0.820 bits per heavy atom. The van der Waals surface area contributed by atoms with Gasteiger partial charge in [-0.05, 0) is 66.9 Å². The number of aromatic nitrogens is 1. The van der Waals surface area contributed by atoms with Crippen LogP contribution in [0.25, 0.3) is 28.4 Å². The zero-order valence-electron chi connectivity index (χ0n) is 28.0. The lowest BCUT2D eigenvalue weighted by atomic mass is 9.99. The van der Waals surface area contributed by atoms with Crippen LogP contribution in [-0.4, -0.2) is 34.2 Å². The number of fused-ring (bicyclic) bond motifs is 3. The zero-order valence-corrected chi connectivity index (χ0v) is 28.0. The molecule has 0 spiro atoms. The number of para-hydroxylation sites is 1. The third kappa shape index (κ3) is 6.03. The topological polar surface area (TPSA) is 56.6 Å². The largest absolute Gasteiger partial charge is 0.367 e.